The number of rotatable bonds is 3. The fourth-order valence-electron chi connectivity index (χ4n) is 2.77. The molecule has 1 aliphatic rings. The molecule has 7 nitrogen and oxygen atoms in total. The number of nitrogens with zero attached hydrogens (tertiary/aromatic N) is 1. The van der Waals surface area contributed by atoms with E-state index in [0.717, 1.165) is 10.8 Å². The van der Waals surface area contributed by atoms with Gasteiger partial charge in [0, 0.05) is 13.2 Å². The topological polar surface area (TPSA) is 116 Å². The highest BCUT2D eigenvalue weighted by Gasteiger charge is 2.37. The molecule has 1 saturated carbocycles. The van der Waals surface area contributed by atoms with Crippen LogP contribution in [0, 0.1) is 17.7 Å². The lowest BCUT2D eigenvalue weighted by Gasteiger charge is -2.38. The quantitative estimate of drug-likeness (QED) is 0.545. The number of aromatic amines is 1. The first-order valence-corrected chi connectivity index (χ1v) is 6.38. The van der Waals surface area contributed by atoms with Gasteiger partial charge in [-0.25, -0.2) is 4.79 Å². The standard InChI is InChI=1S/C12H17FN2O5/c13-8-3-15(12(20)14-11(8)19)9-1-6(4-16)7(5-17)2-10(9)18/h3,6-7,9-10,16-18H,1-2,4-5H2,(H,14,19,20). The van der Waals surface area contributed by atoms with Gasteiger partial charge in [0.1, 0.15) is 0 Å². The van der Waals surface area contributed by atoms with Crippen LogP contribution in [-0.4, -0.2) is 44.2 Å². The molecule has 0 aliphatic heterocycles. The Morgan fingerprint density at radius 3 is 2.45 bits per heavy atom. The first-order chi connectivity index (χ1) is 9.47. The Morgan fingerprint density at radius 1 is 1.25 bits per heavy atom. The lowest BCUT2D eigenvalue weighted by molar-refractivity contribution is -0.0165. The molecule has 4 unspecified atom stereocenters. The highest BCUT2D eigenvalue weighted by Crippen LogP contribution is 2.35. The van der Waals surface area contributed by atoms with Crippen LogP contribution in [0.5, 0.6) is 0 Å². The zero-order valence-corrected chi connectivity index (χ0v) is 10.7. The summed E-state index contributed by atoms with van der Waals surface area (Å²) >= 11 is 0. The predicted octanol–water partition coefficient (Wildman–Crippen LogP) is -1.41. The minimum Gasteiger partial charge on any atom is -0.396 e. The Labute approximate surface area is 113 Å². The van der Waals surface area contributed by atoms with Crippen LogP contribution in [-0.2, 0) is 0 Å². The number of nitrogens with one attached hydrogen (secondary N) is 1. The zero-order valence-electron chi connectivity index (χ0n) is 10.7. The molecule has 0 spiro atoms. The lowest BCUT2D eigenvalue weighted by Crippen LogP contribution is -2.44. The largest absolute Gasteiger partial charge is 0.396 e. The molecule has 0 aromatic carbocycles. The van der Waals surface area contributed by atoms with Gasteiger partial charge in [-0.05, 0) is 24.7 Å². The minimum atomic E-state index is -1.11. The summed E-state index contributed by atoms with van der Waals surface area (Å²) in [4.78, 5) is 24.5. The third-order valence-corrected chi connectivity index (χ3v) is 3.95. The monoisotopic (exact) mass is 288 g/mol. The van der Waals surface area contributed by atoms with Gasteiger partial charge in [-0.1, -0.05) is 0 Å². The van der Waals surface area contributed by atoms with Gasteiger partial charge in [-0.15, -0.1) is 0 Å². The van der Waals surface area contributed by atoms with Crippen LogP contribution in [0.1, 0.15) is 18.9 Å². The number of aromatic nitrogens is 2. The van der Waals surface area contributed by atoms with Crippen LogP contribution < -0.4 is 11.2 Å². The van der Waals surface area contributed by atoms with E-state index in [1.807, 2.05) is 4.98 Å². The van der Waals surface area contributed by atoms with E-state index in [2.05, 4.69) is 0 Å². The summed E-state index contributed by atoms with van der Waals surface area (Å²) in [5.74, 6) is -1.67. The molecule has 0 saturated heterocycles. The third-order valence-electron chi connectivity index (χ3n) is 3.95. The number of H-pyrrole nitrogens is 1. The van der Waals surface area contributed by atoms with Gasteiger partial charge >= 0.3 is 5.69 Å². The van der Waals surface area contributed by atoms with E-state index in [1.54, 1.807) is 0 Å². The molecule has 0 amide bonds. The van der Waals surface area contributed by atoms with Crippen molar-refractivity contribution < 1.29 is 19.7 Å². The van der Waals surface area contributed by atoms with Crippen molar-refractivity contribution in [3.8, 4) is 0 Å². The summed E-state index contributed by atoms with van der Waals surface area (Å²) < 4.78 is 14.2. The maximum atomic E-state index is 13.3. The van der Waals surface area contributed by atoms with Crippen LogP contribution in [0.15, 0.2) is 15.8 Å². The Bertz CT molecular complexity index is 584. The maximum Gasteiger partial charge on any atom is 0.328 e. The Hall–Kier alpha value is -1.51. The molecular weight excluding hydrogens is 271 g/mol. The third kappa shape index (κ3) is 2.67. The van der Waals surface area contributed by atoms with Crippen LogP contribution in [0.4, 0.5) is 4.39 Å². The van der Waals surface area contributed by atoms with Gasteiger partial charge in [0.15, 0.2) is 0 Å². The van der Waals surface area contributed by atoms with Crippen molar-refractivity contribution in [1.82, 2.24) is 9.55 Å². The average Bonchev–Trinajstić information content (AvgIpc) is 2.43. The predicted molar refractivity (Wildman–Crippen MR) is 66.7 cm³/mol. The molecule has 4 atom stereocenters. The molecule has 1 aromatic rings. The molecule has 0 radical (unpaired) electrons. The van der Waals surface area contributed by atoms with Gasteiger partial charge in [-0.3, -0.25) is 14.3 Å². The van der Waals surface area contributed by atoms with Crippen molar-refractivity contribution in [3.05, 3.63) is 32.9 Å². The van der Waals surface area contributed by atoms with Gasteiger partial charge in [0.05, 0.1) is 18.3 Å². The highest BCUT2D eigenvalue weighted by atomic mass is 19.1. The summed E-state index contributed by atoms with van der Waals surface area (Å²) in [6, 6.07) is -0.742. The number of hydrogen-bond acceptors (Lipinski definition) is 5. The average molecular weight is 288 g/mol. The van der Waals surface area contributed by atoms with Crippen molar-refractivity contribution in [2.24, 2.45) is 11.8 Å². The maximum absolute atomic E-state index is 13.3. The van der Waals surface area contributed by atoms with Gasteiger partial charge < -0.3 is 15.3 Å². The molecule has 1 heterocycles. The van der Waals surface area contributed by atoms with E-state index in [0.29, 0.717) is 0 Å². The summed E-state index contributed by atoms with van der Waals surface area (Å²) in [5.41, 5.74) is -1.91. The SMILES string of the molecule is O=c1[nH]c(=O)n(C2CC(CO)C(CO)CC2O)cc1F. The van der Waals surface area contributed by atoms with Crippen LogP contribution in [0.2, 0.25) is 0 Å². The molecular formula is C12H17FN2O5. The summed E-state index contributed by atoms with van der Waals surface area (Å²) in [6.07, 6.45) is 0.217. The first kappa shape index (κ1) is 14.9. The van der Waals surface area contributed by atoms with E-state index >= 15 is 0 Å². The molecule has 0 bridgehead atoms. The van der Waals surface area contributed by atoms with E-state index < -0.39 is 29.2 Å². The molecule has 4 N–H and O–H groups in total. The Balaban J connectivity index is 2.35. The first-order valence-electron chi connectivity index (χ1n) is 6.38. The van der Waals surface area contributed by atoms with Crippen LogP contribution in [0.25, 0.3) is 0 Å². The van der Waals surface area contributed by atoms with E-state index in [-0.39, 0.29) is 37.9 Å². The lowest BCUT2D eigenvalue weighted by atomic mass is 9.76. The minimum absolute atomic E-state index is 0.177. The smallest absolute Gasteiger partial charge is 0.328 e. The summed E-state index contributed by atoms with van der Waals surface area (Å²) in [7, 11) is 0. The van der Waals surface area contributed by atoms with E-state index in [9.17, 15) is 29.3 Å². The second-order valence-corrected chi connectivity index (χ2v) is 5.13. The second-order valence-electron chi connectivity index (χ2n) is 5.13. The number of aliphatic hydroxyl groups excluding tert-OH is 3. The molecule has 8 heteroatoms. The van der Waals surface area contributed by atoms with Gasteiger partial charge in [0.25, 0.3) is 5.56 Å². The van der Waals surface area contributed by atoms with Crippen molar-refractivity contribution >= 4 is 0 Å². The molecule has 20 heavy (non-hydrogen) atoms. The van der Waals surface area contributed by atoms with E-state index in [4.69, 9.17) is 0 Å². The van der Waals surface area contributed by atoms with Crippen LogP contribution in [0.3, 0.4) is 0 Å². The molecule has 1 aliphatic carbocycles. The van der Waals surface area contributed by atoms with Crippen molar-refractivity contribution in [3.63, 3.8) is 0 Å². The normalized spacial score (nSPS) is 30.4. The van der Waals surface area contributed by atoms with Crippen LogP contribution >= 0.6 is 0 Å². The fourth-order valence-corrected chi connectivity index (χ4v) is 2.77. The number of aliphatic hydroxyl groups is 3. The Morgan fingerprint density at radius 2 is 1.85 bits per heavy atom. The number of halogens is 1. The number of hydrogen-bond donors (Lipinski definition) is 4. The van der Waals surface area contributed by atoms with Crippen molar-refractivity contribution in [1.29, 1.82) is 0 Å². The van der Waals surface area contributed by atoms with Crippen molar-refractivity contribution in [2.45, 2.75) is 25.0 Å². The second kappa shape index (κ2) is 5.86. The molecule has 1 aromatic heterocycles. The molecule has 1 fully saturated rings. The van der Waals surface area contributed by atoms with Gasteiger partial charge in [-0.2, -0.15) is 4.39 Å². The van der Waals surface area contributed by atoms with E-state index in [1.165, 1.54) is 0 Å². The summed E-state index contributed by atoms with van der Waals surface area (Å²) in [5, 5.41) is 28.6. The summed E-state index contributed by atoms with van der Waals surface area (Å²) in [6.45, 7) is -0.376. The van der Waals surface area contributed by atoms with Crippen molar-refractivity contribution in [2.75, 3.05) is 13.2 Å². The zero-order chi connectivity index (χ0) is 14.9. The molecule has 2 rings (SSSR count). The highest BCUT2D eigenvalue weighted by molar-refractivity contribution is 4.95. The van der Waals surface area contributed by atoms with Gasteiger partial charge in [0.2, 0.25) is 5.82 Å². The fraction of sp³-hybridized carbons (Fsp3) is 0.667. The Kier molecular flexibility index (Phi) is 4.36. The molecule has 112 valence electrons.